The SMILES string of the molecule is NC1CCN(c2[nH]c3ccc4nccc4c3c3c2CCCC3)CC1. The fourth-order valence-corrected chi connectivity index (χ4v) is 4.55. The smallest absolute Gasteiger partial charge is 0.109 e. The van der Waals surface area contributed by atoms with Crippen LogP contribution in [0.5, 0.6) is 0 Å². The molecule has 0 radical (unpaired) electrons. The molecule has 0 unspecified atom stereocenters. The average Bonchev–Trinajstić information content (AvgIpc) is 3.10. The number of rotatable bonds is 1. The lowest BCUT2D eigenvalue weighted by molar-refractivity contribution is 0.497. The van der Waals surface area contributed by atoms with Gasteiger partial charge in [-0.3, -0.25) is 4.98 Å². The highest BCUT2D eigenvalue weighted by Gasteiger charge is 2.24. The summed E-state index contributed by atoms with van der Waals surface area (Å²) in [6.45, 7) is 2.13. The highest BCUT2D eigenvalue weighted by atomic mass is 15.2. The van der Waals surface area contributed by atoms with Gasteiger partial charge < -0.3 is 15.6 Å². The number of benzene rings is 1. The van der Waals surface area contributed by atoms with Crippen LogP contribution in [0, 0.1) is 0 Å². The zero-order chi connectivity index (χ0) is 16.1. The number of nitrogens with two attached hydrogens (primary N) is 1. The summed E-state index contributed by atoms with van der Waals surface area (Å²) in [5, 5.41) is 2.70. The number of aromatic nitrogens is 2. The summed E-state index contributed by atoms with van der Waals surface area (Å²) >= 11 is 0. The summed E-state index contributed by atoms with van der Waals surface area (Å²) in [5.41, 5.74) is 11.6. The molecule has 2 aromatic heterocycles. The fraction of sp³-hybridized carbons (Fsp3) is 0.450. The highest BCUT2D eigenvalue weighted by Crippen LogP contribution is 2.38. The molecule has 3 N–H and O–H groups in total. The summed E-state index contributed by atoms with van der Waals surface area (Å²) in [7, 11) is 0. The van der Waals surface area contributed by atoms with Crippen molar-refractivity contribution in [2.75, 3.05) is 18.0 Å². The van der Waals surface area contributed by atoms with Crippen molar-refractivity contribution in [2.45, 2.75) is 44.6 Å². The molecule has 0 amide bonds. The zero-order valence-electron chi connectivity index (χ0n) is 14.0. The second kappa shape index (κ2) is 5.49. The summed E-state index contributed by atoms with van der Waals surface area (Å²) in [6, 6.07) is 6.88. The molecule has 4 nitrogen and oxygen atoms in total. The van der Waals surface area contributed by atoms with Gasteiger partial charge in [0.2, 0.25) is 0 Å². The predicted molar refractivity (Wildman–Crippen MR) is 99.7 cm³/mol. The topological polar surface area (TPSA) is 57.9 Å². The van der Waals surface area contributed by atoms with Crippen molar-refractivity contribution in [1.29, 1.82) is 0 Å². The number of hydrogen-bond acceptors (Lipinski definition) is 3. The van der Waals surface area contributed by atoms with Gasteiger partial charge in [0.25, 0.3) is 0 Å². The van der Waals surface area contributed by atoms with Crippen molar-refractivity contribution >= 4 is 27.6 Å². The van der Waals surface area contributed by atoms with E-state index in [0.29, 0.717) is 6.04 Å². The Balaban J connectivity index is 1.75. The molecule has 0 bridgehead atoms. The van der Waals surface area contributed by atoms with Gasteiger partial charge in [0.05, 0.1) is 5.52 Å². The molecule has 0 saturated carbocycles. The van der Waals surface area contributed by atoms with E-state index < -0.39 is 0 Å². The summed E-state index contributed by atoms with van der Waals surface area (Å²) in [5.74, 6) is 1.35. The molecule has 124 valence electrons. The van der Waals surface area contributed by atoms with Crippen LogP contribution < -0.4 is 10.6 Å². The number of aryl methyl sites for hydroxylation is 1. The molecule has 1 saturated heterocycles. The third kappa shape index (κ3) is 2.13. The van der Waals surface area contributed by atoms with Gasteiger partial charge in [-0.1, -0.05) is 0 Å². The van der Waals surface area contributed by atoms with Gasteiger partial charge in [-0.2, -0.15) is 0 Å². The molecule has 2 aliphatic rings. The van der Waals surface area contributed by atoms with Gasteiger partial charge in [0.15, 0.2) is 0 Å². The minimum atomic E-state index is 0.368. The van der Waals surface area contributed by atoms with E-state index in [0.717, 1.165) is 31.4 Å². The minimum absolute atomic E-state index is 0.368. The average molecular weight is 320 g/mol. The standard InChI is InChI=1S/C20H24N4/c21-13-8-11-24(12-9-13)20-15-4-2-1-3-14(15)19-16-7-10-22-17(16)5-6-18(19)23-20/h5-7,10,13,23H,1-4,8-9,11-12,21H2. The molecule has 1 aromatic carbocycles. The van der Waals surface area contributed by atoms with E-state index in [1.807, 2.05) is 6.20 Å². The van der Waals surface area contributed by atoms with Crippen molar-refractivity contribution in [3.05, 3.63) is 35.5 Å². The molecule has 1 aliphatic heterocycles. The number of nitrogens with one attached hydrogen (secondary N) is 1. The number of aromatic amines is 1. The number of fused-ring (bicyclic) bond motifs is 5. The molecule has 1 aliphatic carbocycles. The van der Waals surface area contributed by atoms with Crippen molar-refractivity contribution < 1.29 is 0 Å². The first kappa shape index (κ1) is 14.3. The molecular formula is C20H24N4. The van der Waals surface area contributed by atoms with Gasteiger partial charge in [0.1, 0.15) is 5.82 Å². The normalized spacial score (nSPS) is 19.1. The maximum Gasteiger partial charge on any atom is 0.109 e. The van der Waals surface area contributed by atoms with Gasteiger partial charge in [-0.05, 0) is 67.9 Å². The largest absolute Gasteiger partial charge is 0.358 e. The number of anilines is 1. The van der Waals surface area contributed by atoms with E-state index in [1.54, 1.807) is 5.56 Å². The third-order valence-electron chi connectivity index (χ3n) is 5.84. The Labute approximate surface area is 142 Å². The first-order chi connectivity index (χ1) is 11.8. The summed E-state index contributed by atoms with van der Waals surface area (Å²) in [4.78, 5) is 10.8. The highest BCUT2D eigenvalue weighted by molar-refractivity contribution is 6.08. The summed E-state index contributed by atoms with van der Waals surface area (Å²) < 4.78 is 0. The molecule has 3 aromatic rings. The Morgan fingerprint density at radius 3 is 2.67 bits per heavy atom. The maximum atomic E-state index is 6.11. The molecule has 4 heteroatoms. The Morgan fingerprint density at radius 1 is 1.04 bits per heavy atom. The number of H-pyrrole nitrogens is 1. The van der Waals surface area contributed by atoms with Crippen LogP contribution >= 0.6 is 0 Å². The van der Waals surface area contributed by atoms with Crippen LogP contribution in [0.1, 0.15) is 36.8 Å². The second-order valence-electron chi connectivity index (χ2n) is 7.33. The van der Waals surface area contributed by atoms with Gasteiger partial charge >= 0.3 is 0 Å². The monoisotopic (exact) mass is 320 g/mol. The van der Waals surface area contributed by atoms with Gasteiger partial charge in [0, 0.05) is 41.6 Å². The Hall–Kier alpha value is -2.07. The van der Waals surface area contributed by atoms with Gasteiger partial charge in [-0.25, -0.2) is 0 Å². The third-order valence-corrected chi connectivity index (χ3v) is 5.84. The first-order valence-electron chi connectivity index (χ1n) is 9.23. The first-order valence-corrected chi connectivity index (χ1v) is 9.23. The van der Waals surface area contributed by atoms with E-state index in [1.165, 1.54) is 53.4 Å². The lowest BCUT2D eigenvalue weighted by atomic mass is 9.87. The zero-order valence-corrected chi connectivity index (χ0v) is 14.0. The minimum Gasteiger partial charge on any atom is -0.358 e. The number of pyridine rings is 1. The molecule has 0 spiro atoms. The second-order valence-corrected chi connectivity index (χ2v) is 7.33. The molecule has 0 atom stereocenters. The maximum absolute atomic E-state index is 6.11. The number of hydrogen-bond donors (Lipinski definition) is 2. The van der Waals surface area contributed by atoms with E-state index in [4.69, 9.17) is 5.73 Å². The lowest BCUT2D eigenvalue weighted by Gasteiger charge is -2.35. The van der Waals surface area contributed by atoms with Crippen LogP contribution in [0.3, 0.4) is 0 Å². The lowest BCUT2D eigenvalue weighted by Crippen LogP contribution is -2.40. The van der Waals surface area contributed by atoms with Crippen molar-refractivity contribution in [3.63, 3.8) is 0 Å². The predicted octanol–water partition coefficient (Wildman–Crippen LogP) is 3.52. The molecule has 3 heterocycles. The van der Waals surface area contributed by atoms with E-state index in [9.17, 15) is 0 Å². The van der Waals surface area contributed by atoms with Crippen LogP contribution in [0.2, 0.25) is 0 Å². The quantitative estimate of drug-likeness (QED) is 0.721. The van der Waals surface area contributed by atoms with Crippen molar-refractivity contribution in [2.24, 2.45) is 5.73 Å². The number of nitrogens with zero attached hydrogens (tertiary/aromatic N) is 2. The number of piperidine rings is 1. The van der Waals surface area contributed by atoms with Crippen LogP contribution in [-0.2, 0) is 12.8 Å². The van der Waals surface area contributed by atoms with Crippen molar-refractivity contribution in [1.82, 2.24) is 9.97 Å². The Kier molecular flexibility index (Phi) is 3.27. The van der Waals surface area contributed by atoms with Crippen LogP contribution in [0.25, 0.3) is 21.8 Å². The van der Waals surface area contributed by atoms with E-state index in [2.05, 4.69) is 33.1 Å². The van der Waals surface area contributed by atoms with Gasteiger partial charge in [-0.15, -0.1) is 0 Å². The molecule has 5 rings (SSSR count). The van der Waals surface area contributed by atoms with E-state index in [-0.39, 0.29) is 0 Å². The van der Waals surface area contributed by atoms with E-state index >= 15 is 0 Å². The Morgan fingerprint density at radius 2 is 1.83 bits per heavy atom. The van der Waals surface area contributed by atoms with Crippen LogP contribution in [0.4, 0.5) is 5.82 Å². The molecule has 1 fully saturated rings. The van der Waals surface area contributed by atoms with Crippen LogP contribution in [-0.4, -0.2) is 29.1 Å². The van der Waals surface area contributed by atoms with Crippen molar-refractivity contribution in [3.8, 4) is 0 Å². The van der Waals surface area contributed by atoms with Crippen LogP contribution in [0.15, 0.2) is 24.4 Å². The molecular weight excluding hydrogens is 296 g/mol. The molecule has 24 heavy (non-hydrogen) atoms. The summed E-state index contributed by atoms with van der Waals surface area (Å²) in [6.07, 6.45) is 9.07. The Bertz CT molecular complexity index is 903. The fourth-order valence-electron chi connectivity index (χ4n) is 4.55.